The van der Waals surface area contributed by atoms with Crippen molar-refractivity contribution in [1.29, 1.82) is 5.26 Å². The van der Waals surface area contributed by atoms with Crippen molar-refractivity contribution in [3.05, 3.63) is 83.7 Å². The first kappa shape index (κ1) is 28.6. The SMILES string of the molecule is Cc1ccc(C(C)C)c(N2C(=O)CSC2=NC(=O)Nc2ccc(-c3ncn(-c4ccc(OCC#N)cc4)n3)cc2C)c1. The van der Waals surface area contributed by atoms with E-state index in [-0.39, 0.29) is 24.2 Å². The van der Waals surface area contributed by atoms with Gasteiger partial charge in [0, 0.05) is 11.3 Å². The van der Waals surface area contributed by atoms with E-state index >= 15 is 0 Å². The zero-order valence-corrected chi connectivity index (χ0v) is 24.5. The number of carbonyl (C=O) groups excluding carboxylic acids is 2. The van der Waals surface area contributed by atoms with Crippen molar-refractivity contribution in [3.8, 4) is 28.9 Å². The Labute approximate surface area is 248 Å². The first-order valence-corrected chi connectivity index (χ1v) is 14.3. The molecule has 3 aromatic carbocycles. The predicted molar refractivity (Wildman–Crippen MR) is 164 cm³/mol. The summed E-state index contributed by atoms with van der Waals surface area (Å²) in [4.78, 5) is 36.1. The lowest BCUT2D eigenvalue weighted by Gasteiger charge is -2.22. The standard InChI is InChI=1S/C31H29N7O3S/c1-19(2)25-11-5-20(3)15-27(25)38-28(39)17-42-31(38)35-30(40)34-26-12-6-22(16-21(26)4)29-33-18-37(36-29)23-7-9-24(10-8-23)41-14-13-32/h5-12,15-16,18-19H,14,17H2,1-4H3,(H,34,40). The van der Waals surface area contributed by atoms with E-state index in [0.717, 1.165) is 33.6 Å². The van der Waals surface area contributed by atoms with Crippen molar-refractivity contribution in [2.24, 2.45) is 4.99 Å². The number of nitrogens with one attached hydrogen (secondary N) is 1. The maximum absolute atomic E-state index is 13.0. The third-order valence-electron chi connectivity index (χ3n) is 6.63. The fraction of sp³-hybridized carbons (Fsp3) is 0.226. The van der Waals surface area contributed by atoms with E-state index in [1.807, 2.05) is 62.4 Å². The van der Waals surface area contributed by atoms with Gasteiger partial charge in [0.05, 0.1) is 17.1 Å². The van der Waals surface area contributed by atoms with E-state index in [0.29, 0.717) is 22.4 Å². The van der Waals surface area contributed by atoms with Gasteiger partial charge < -0.3 is 10.1 Å². The van der Waals surface area contributed by atoms with Crippen LogP contribution in [0.2, 0.25) is 0 Å². The Morgan fingerprint density at radius 2 is 1.93 bits per heavy atom. The molecule has 0 radical (unpaired) electrons. The minimum Gasteiger partial charge on any atom is -0.479 e. The van der Waals surface area contributed by atoms with Crippen molar-refractivity contribution < 1.29 is 14.3 Å². The third kappa shape index (κ3) is 6.19. The van der Waals surface area contributed by atoms with E-state index in [2.05, 4.69) is 34.2 Å². The monoisotopic (exact) mass is 579 g/mol. The van der Waals surface area contributed by atoms with E-state index in [1.165, 1.54) is 11.8 Å². The molecular formula is C31H29N7O3S. The summed E-state index contributed by atoms with van der Waals surface area (Å²) < 4.78 is 6.94. The van der Waals surface area contributed by atoms with Crippen molar-refractivity contribution in [1.82, 2.24) is 14.8 Å². The normalized spacial score (nSPS) is 14.0. The third-order valence-corrected chi connectivity index (χ3v) is 7.56. The number of carbonyl (C=O) groups is 2. The number of nitrogens with zero attached hydrogens (tertiary/aromatic N) is 6. The summed E-state index contributed by atoms with van der Waals surface area (Å²) in [5.74, 6) is 1.45. The van der Waals surface area contributed by atoms with Gasteiger partial charge in [-0.1, -0.05) is 37.7 Å². The molecule has 11 heteroatoms. The molecule has 0 atom stereocenters. The largest absolute Gasteiger partial charge is 0.479 e. The Kier molecular flexibility index (Phi) is 8.36. The lowest BCUT2D eigenvalue weighted by atomic mass is 9.99. The molecular weight excluding hydrogens is 550 g/mol. The smallest absolute Gasteiger partial charge is 0.347 e. The number of urea groups is 1. The molecule has 42 heavy (non-hydrogen) atoms. The second-order valence-corrected chi connectivity index (χ2v) is 11.0. The Hall–Kier alpha value is -4.95. The van der Waals surface area contributed by atoms with Crippen LogP contribution in [-0.4, -0.2) is 44.2 Å². The first-order valence-electron chi connectivity index (χ1n) is 13.3. The molecule has 0 spiro atoms. The first-order chi connectivity index (χ1) is 20.2. The fourth-order valence-electron chi connectivity index (χ4n) is 4.52. The number of anilines is 2. The Morgan fingerprint density at radius 1 is 1.14 bits per heavy atom. The zero-order chi connectivity index (χ0) is 29.8. The molecule has 1 aliphatic heterocycles. The van der Waals surface area contributed by atoms with Crippen LogP contribution in [0.4, 0.5) is 16.2 Å². The van der Waals surface area contributed by atoms with Gasteiger partial charge in [0.15, 0.2) is 17.6 Å². The summed E-state index contributed by atoms with van der Waals surface area (Å²) in [5.41, 5.74) is 5.80. The second-order valence-electron chi connectivity index (χ2n) is 10.0. The van der Waals surface area contributed by atoms with Crippen LogP contribution in [-0.2, 0) is 4.79 Å². The molecule has 1 aromatic heterocycles. The topological polar surface area (TPSA) is 126 Å². The van der Waals surface area contributed by atoms with Gasteiger partial charge in [-0.25, -0.2) is 14.5 Å². The van der Waals surface area contributed by atoms with Gasteiger partial charge in [0.1, 0.15) is 18.1 Å². The van der Waals surface area contributed by atoms with Gasteiger partial charge >= 0.3 is 6.03 Å². The highest BCUT2D eigenvalue weighted by molar-refractivity contribution is 8.15. The Morgan fingerprint density at radius 3 is 2.64 bits per heavy atom. The van der Waals surface area contributed by atoms with Crippen LogP contribution in [0.25, 0.3) is 17.1 Å². The molecule has 1 fully saturated rings. The van der Waals surface area contributed by atoms with Gasteiger partial charge in [-0.2, -0.15) is 10.3 Å². The number of amides is 3. The number of aliphatic imine (C=N–C) groups is 1. The highest BCUT2D eigenvalue weighted by atomic mass is 32.2. The number of hydrogen-bond acceptors (Lipinski definition) is 7. The summed E-state index contributed by atoms with van der Waals surface area (Å²) in [6, 6.07) is 20.1. The van der Waals surface area contributed by atoms with E-state index in [9.17, 15) is 9.59 Å². The van der Waals surface area contributed by atoms with Crippen molar-refractivity contribution in [2.45, 2.75) is 33.6 Å². The summed E-state index contributed by atoms with van der Waals surface area (Å²) in [5, 5.41) is 16.4. The molecule has 0 saturated carbocycles. The van der Waals surface area contributed by atoms with Gasteiger partial charge in [-0.05, 0) is 85.0 Å². The minimum absolute atomic E-state index is 0.0141. The molecule has 0 aliphatic carbocycles. The number of rotatable bonds is 7. The van der Waals surface area contributed by atoms with Crippen molar-refractivity contribution in [3.63, 3.8) is 0 Å². The molecule has 1 saturated heterocycles. The molecule has 4 aromatic rings. The Bertz CT molecular complexity index is 1720. The fourth-order valence-corrected chi connectivity index (χ4v) is 5.38. The second kappa shape index (κ2) is 12.3. The molecule has 0 unspecified atom stereocenters. The van der Waals surface area contributed by atoms with Crippen LogP contribution in [0.3, 0.4) is 0 Å². The summed E-state index contributed by atoms with van der Waals surface area (Å²) >= 11 is 1.25. The van der Waals surface area contributed by atoms with Crippen LogP contribution in [0.1, 0.15) is 36.5 Å². The minimum atomic E-state index is -0.559. The van der Waals surface area contributed by atoms with Crippen LogP contribution >= 0.6 is 11.8 Å². The molecule has 3 amide bonds. The lowest BCUT2D eigenvalue weighted by molar-refractivity contribution is -0.115. The number of hydrogen-bond donors (Lipinski definition) is 1. The highest BCUT2D eigenvalue weighted by Gasteiger charge is 2.32. The van der Waals surface area contributed by atoms with E-state index in [4.69, 9.17) is 10.00 Å². The van der Waals surface area contributed by atoms with Crippen LogP contribution in [0.15, 0.2) is 72.0 Å². The number of nitriles is 1. The average Bonchev–Trinajstić information content (AvgIpc) is 3.60. The summed E-state index contributed by atoms with van der Waals surface area (Å²) in [7, 11) is 0. The maximum atomic E-state index is 13.0. The average molecular weight is 580 g/mol. The number of aryl methyl sites for hydroxylation is 2. The zero-order valence-electron chi connectivity index (χ0n) is 23.7. The molecule has 212 valence electrons. The number of amidine groups is 1. The van der Waals surface area contributed by atoms with Gasteiger partial charge in [0.2, 0.25) is 5.91 Å². The summed E-state index contributed by atoms with van der Waals surface area (Å²) in [6.07, 6.45) is 1.62. The van der Waals surface area contributed by atoms with Crippen LogP contribution in [0.5, 0.6) is 5.75 Å². The van der Waals surface area contributed by atoms with Gasteiger partial charge in [-0.3, -0.25) is 9.69 Å². The lowest BCUT2D eigenvalue weighted by Crippen LogP contribution is -2.31. The predicted octanol–water partition coefficient (Wildman–Crippen LogP) is 6.24. The van der Waals surface area contributed by atoms with Crippen molar-refractivity contribution in [2.75, 3.05) is 22.6 Å². The molecule has 10 nitrogen and oxygen atoms in total. The number of aromatic nitrogens is 3. The van der Waals surface area contributed by atoms with E-state index < -0.39 is 6.03 Å². The van der Waals surface area contributed by atoms with E-state index in [1.54, 1.807) is 34.1 Å². The summed E-state index contributed by atoms with van der Waals surface area (Å²) in [6.45, 7) is 7.99. The molecule has 1 aliphatic rings. The quantitative estimate of drug-likeness (QED) is 0.274. The van der Waals surface area contributed by atoms with Gasteiger partial charge in [0.25, 0.3) is 0 Å². The molecule has 2 heterocycles. The van der Waals surface area contributed by atoms with Gasteiger partial charge in [-0.15, -0.1) is 5.10 Å². The molecule has 5 rings (SSSR count). The highest BCUT2D eigenvalue weighted by Crippen LogP contribution is 2.34. The van der Waals surface area contributed by atoms with Crippen LogP contribution < -0.4 is 15.0 Å². The molecule has 0 bridgehead atoms. The maximum Gasteiger partial charge on any atom is 0.347 e. The number of thioether (sulfide) groups is 1. The molecule has 1 N–H and O–H groups in total. The van der Waals surface area contributed by atoms with Crippen LogP contribution in [0, 0.1) is 25.2 Å². The van der Waals surface area contributed by atoms with Crippen molar-refractivity contribution >= 4 is 40.2 Å². The number of benzene rings is 3. The Balaban J connectivity index is 1.31. The number of ether oxygens (including phenoxy) is 1.